The van der Waals surface area contributed by atoms with Gasteiger partial charge in [0.2, 0.25) is 0 Å². The number of aliphatic carboxylic acids is 1. The molecule has 0 saturated carbocycles. The predicted molar refractivity (Wildman–Crippen MR) is 60.0 cm³/mol. The van der Waals surface area contributed by atoms with Crippen molar-refractivity contribution in [1.29, 1.82) is 0 Å². The van der Waals surface area contributed by atoms with Crippen molar-refractivity contribution in [2.24, 2.45) is 5.41 Å². The largest absolute Gasteiger partial charge is 0.481 e. The minimum absolute atomic E-state index is 0.0503. The number of carbonyl (C=O) groups is 2. The summed E-state index contributed by atoms with van der Waals surface area (Å²) in [4.78, 5) is 21.6. The lowest BCUT2D eigenvalue weighted by molar-refractivity contribution is -0.153. The Morgan fingerprint density at radius 1 is 1.40 bits per heavy atom. The first-order chi connectivity index (χ1) is 6.90. The van der Waals surface area contributed by atoms with Gasteiger partial charge in [-0.3, -0.25) is 9.59 Å². The Morgan fingerprint density at radius 3 is 2.47 bits per heavy atom. The van der Waals surface area contributed by atoms with Gasteiger partial charge in [0.15, 0.2) is 0 Å². The van der Waals surface area contributed by atoms with Gasteiger partial charge < -0.3 is 9.84 Å². The van der Waals surface area contributed by atoms with Crippen molar-refractivity contribution < 1.29 is 19.4 Å². The molecule has 0 bridgehead atoms. The predicted octanol–water partition coefficient (Wildman–Crippen LogP) is 1.78. The van der Waals surface area contributed by atoms with Gasteiger partial charge in [-0.05, 0) is 20.3 Å². The van der Waals surface area contributed by atoms with E-state index in [2.05, 4.69) is 0 Å². The second kappa shape index (κ2) is 6.71. The van der Waals surface area contributed by atoms with Crippen LogP contribution in [-0.4, -0.2) is 35.2 Å². The maximum atomic E-state index is 11.4. The maximum Gasteiger partial charge on any atom is 0.313 e. The third kappa shape index (κ3) is 6.38. The van der Waals surface area contributed by atoms with E-state index in [1.807, 2.05) is 20.8 Å². The van der Waals surface area contributed by atoms with Crippen LogP contribution in [0.15, 0.2) is 0 Å². The quantitative estimate of drug-likeness (QED) is 0.537. The fraction of sp³-hybridized carbons (Fsp3) is 0.800. The van der Waals surface area contributed by atoms with Crippen molar-refractivity contribution in [3.05, 3.63) is 0 Å². The highest BCUT2D eigenvalue weighted by molar-refractivity contribution is 7.99. The molecule has 4 nitrogen and oxygen atoms in total. The van der Waals surface area contributed by atoms with E-state index in [4.69, 9.17) is 9.84 Å². The molecule has 0 radical (unpaired) electrons. The van der Waals surface area contributed by atoms with Crippen molar-refractivity contribution in [2.45, 2.75) is 27.2 Å². The van der Waals surface area contributed by atoms with Crippen molar-refractivity contribution in [2.75, 3.05) is 18.1 Å². The normalized spacial score (nSPS) is 11.1. The highest BCUT2D eigenvalue weighted by Gasteiger charge is 2.26. The Balaban J connectivity index is 3.60. The van der Waals surface area contributed by atoms with Gasteiger partial charge in [0, 0.05) is 5.75 Å². The van der Waals surface area contributed by atoms with Crippen LogP contribution in [0.1, 0.15) is 27.2 Å². The molecule has 0 saturated heterocycles. The van der Waals surface area contributed by atoms with Crippen molar-refractivity contribution in [3.63, 3.8) is 0 Å². The Labute approximate surface area is 94.4 Å². The molecule has 0 unspecified atom stereocenters. The average Bonchev–Trinajstić information content (AvgIpc) is 2.16. The van der Waals surface area contributed by atoms with Crippen LogP contribution >= 0.6 is 11.8 Å². The van der Waals surface area contributed by atoms with Gasteiger partial charge in [-0.1, -0.05) is 6.92 Å². The Morgan fingerprint density at radius 2 is 2.00 bits per heavy atom. The summed E-state index contributed by atoms with van der Waals surface area (Å²) in [6.45, 7) is 5.88. The lowest BCUT2D eigenvalue weighted by Crippen LogP contribution is -2.26. The van der Waals surface area contributed by atoms with E-state index in [-0.39, 0.29) is 18.3 Å². The molecule has 0 atom stereocenters. The summed E-state index contributed by atoms with van der Waals surface area (Å²) in [5, 5.41) is 8.36. The van der Waals surface area contributed by atoms with Crippen LogP contribution in [-0.2, 0) is 14.3 Å². The molecule has 5 heteroatoms. The highest BCUT2D eigenvalue weighted by atomic mass is 32.2. The molecule has 1 N–H and O–H groups in total. The number of rotatable bonds is 7. The Hall–Kier alpha value is -0.710. The zero-order valence-electron chi connectivity index (χ0n) is 9.41. The topological polar surface area (TPSA) is 63.6 Å². The van der Waals surface area contributed by atoms with E-state index >= 15 is 0 Å². The Kier molecular flexibility index (Phi) is 6.40. The number of carbonyl (C=O) groups excluding carboxylic acids is 1. The molecule has 0 fully saturated rings. The molecule has 0 heterocycles. The Bertz CT molecular complexity index is 225. The maximum absolute atomic E-state index is 11.4. The molecule has 0 rings (SSSR count). The van der Waals surface area contributed by atoms with E-state index < -0.39 is 11.4 Å². The van der Waals surface area contributed by atoms with Gasteiger partial charge in [-0.2, -0.15) is 0 Å². The van der Waals surface area contributed by atoms with E-state index in [9.17, 15) is 9.59 Å². The third-order valence-corrected chi connectivity index (χ3v) is 3.03. The van der Waals surface area contributed by atoms with Crippen molar-refractivity contribution in [1.82, 2.24) is 0 Å². The summed E-state index contributed by atoms with van der Waals surface area (Å²) in [5.41, 5.74) is -0.447. The molecule has 0 amide bonds. The van der Waals surface area contributed by atoms with Crippen molar-refractivity contribution >= 4 is 23.7 Å². The number of ether oxygens (including phenoxy) is 1. The number of carboxylic acid groups (broad SMARTS) is 1. The fourth-order valence-electron chi connectivity index (χ4n) is 0.692. The summed E-state index contributed by atoms with van der Waals surface area (Å²) >= 11 is 1.24. The average molecular weight is 234 g/mol. The molecule has 0 aliphatic carbocycles. The van der Waals surface area contributed by atoms with Crippen molar-refractivity contribution in [3.8, 4) is 0 Å². The van der Waals surface area contributed by atoms with Crippen LogP contribution in [0.25, 0.3) is 0 Å². The lowest BCUT2D eigenvalue weighted by atomic mass is 9.91. The van der Waals surface area contributed by atoms with Crippen LogP contribution in [0.2, 0.25) is 0 Å². The van der Waals surface area contributed by atoms with E-state index in [0.717, 1.165) is 6.42 Å². The smallest absolute Gasteiger partial charge is 0.313 e. The SMILES string of the molecule is CCC(C)(C)C(=O)OCCSCC(=O)O. The zero-order valence-corrected chi connectivity index (χ0v) is 10.2. The van der Waals surface area contributed by atoms with E-state index in [1.165, 1.54) is 11.8 Å². The lowest BCUT2D eigenvalue weighted by Gasteiger charge is -2.20. The van der Waals surface area contributed by atoms with Crippen LogP contribution in [0.4, 0.5) is 0 Å². The molecule has 0 aromatic heterocycles. The summed E-state index contributed by atoms with van der Waals surface area (Å²) in [6, 6.07) is 0. The third-order valence-electron chi connectivity index (χ3n) is 2.12. The molecular weight excluding hydrogens is 216 g/mol. The standard InChI is InChI=1S/C10H18O4S/c1-4-10(2,3)9(13)14-5-6-15-7-8(11)12/h4-7H2,1-3H3,(H,11,12). The second-order valence-corrected chi connectivity index (χ2v) is 4.92. The monoisotopic (exact) mass is 234 g/mol. The van der Waals surface area contributed by atoms with Gasteiger partial charge >= 0.3 is 11.9 Å². The number of hydrogen-bond donors (Lipinski definition) is 1. The summed E-state index contributed by atoms with van der Waals surface area (Å²) in [6.07, 6.45) is 0.730. The second-order valence-electron chi connectivity index (χ2n) is 3.82. The molecule has 0 spiro atoms. The first-order valence-corrected chi connectivity index (χ1v) is 6.02. The van der Waals surface area contributed by atoms with Gasteiger partial charge in [0.05, 0.1) is 11.2 Å². The first kappa shape index (κ1) is 14.3. The number of thioether (sulfide) groups is 1. The number of carboxylic acids is 1. The molecule has 88 valence electrons. The summed E-state index contributed by atoms with van der Waals surface area (Å²) in [5.74, 6) is -0.492. The number of hydrogen-bond acceptors (Lipinski definition) is 4. The van der Waals surface area contributed by atoms with Gasteiger partial charge in [0.25, 0.3) is 0 Å². The van der Waals surface area contributed by atoms with Gasteiger partial charge in [0.1, 0.15) is 6.61 Å². The van der Waals surface area contributed by atoms with E-state index in [1.54, 1.807) is 0 Å². The first-order valence-electron chi connectivity index (χ1n) is 4.87. The minimum atomic E-state index is -0.847. The summed E-state index contributed by atoms with van der Waals surface area (Å²) in [7, 11) is 0. The van der Waals surface area contributed by atoms with Crippen LogP contribution in [0, 0.1) is 5.41 Å². The number of esters is 1. The molecule has 0 aliphatic heterocycles. The van der Waals surface area contributed by atoms with Gasteiger partial charge in [-0.15, -0.1) is 11.8 Å². The molecule has 0 aliphatic rings. The van der Waals surface area contributed by atoms with Crippen LogP contribution in [0.3, 0.4) is 0 Å². The summed E-state index contributed by atoms with van der Waals surface area (Å²) < 4.78 is 5.03. The van der Waals surface area contributed by atoms with Crippen LogP contribution in [0.5, 0.6) is 0 Å². The molecule has 15 heavy (non-hydrogen) atoms. The molecule has 0 aromatic carbocycles. The molecule has 0 aromatic rings. The van der Waals surface area contributed by atoms with Crippen LogP contribution < -0.4 is 0 Å². The minimum Gasteiger partial charge on any atom is -0.481 e. The zero-order chi connectivity index (χ0) is 11.9. The van der Waals surface area contributed by atoms with E-state index in [0.29, 0.717) is 5.75 Å². The molecular formula is C10H18O4S. The highest BCUT2D eigenvalue weighted by Crippen LogP contribution is 2.21. The fourth-order valence-corrected chi connectivity index (χ4v) is 1.21. The van der Waals surface area contributed by atoms with Gasteiger partial charge in [-0.25, -0.2) is 0 Å².